The Hall–Kier alpha value is -0.540. The summed E-state index contributed by atoms with van der Waals surface area (Å²) in [4.78, 5) is 6.99. The van der Waals surface area contributed by atoms with Gasteiger partial charge in [0.05, 0.1) is 16.7 Å². The lowest BCUT2D eigenvalue weighted by Crippen LogP contribution is -1.73. The van der Waals surface area contributed by atoms with E-state index in [9.17, 15) is 0 Å². The molecular formula is C7H4BrClN2. The number of aromatic amines is 1. The molecule has 1 N–H and O–H groups in total. The Morgan fingerprint density at radius 1 is 1.45 bits per heavy atom. The maximum absolute atomic E-state index is 5.89. The second-order valence-corrected chi connectivity index (χ2v) is 3.44. The Morgan fingerprint density at radius 2 is 2.27 bits per heavy atom. The molecule has 0 aliphatic rings. The van der Waals surface area contributed by atoms with E-state index in [-0.39, 0.29) is 0 Å². The lowest BCUT2D eigenvalue weighted by molar-refractivity contribution is 1.33. The van der Waals surface area contributed by atoms with Crippen molar-refractivity contribution < 1.29 is 0 Å². The fourth-order valence-electron chi connectivity index (χ4n) is 1.00. The number of halogens is 2. The van der Waals surface area contributed by atoms with E-state index in [1.807, 2.05) is 0 Å². The third-order valence-corrected chi connectivity index (χ3v) is 2.39. The van der Waals surface area contributed by atoms with Crippen LogP contribution in [0.4, 0.5) is 0 Å². The first-order valence-corrected chi connectivity index (χ1v) is 4.22. The average molecular weight is 231 g/mol. The zero-order valence-electron chi connectivity index (χ0n) is 5.44. The van der Waals surface area contributed by atoms with E-state index in [0.717, 1.165) is 15.4 Å². The molecule has 0 fully saturated rings. The van der Waals surface area contributed by atoms with Crippen molar-refractivity contribution in [3.63, 3.8) is 0 Å². The van der Waals surface area contributed by atoms with Crippen LogP contribution in [-0.4, -0.2) is 9.97 Å². The highest BCUT2D eigenvalue weighted by Crippen LogP contribution is 2.28. The van der Waals surface area contributed by atoms with Gasteiger partial charge >= 0.3 is 0 Å². The first-order chi connectivity index (χ1) is 5.29. The molecule has 0 aliphatic heterocycles. The van der Waals surface area contributed by atoms with Gasteiger partial charge in [0, 0.05) is 22.3 Å². The van der Waals surface area contributed by atoms with Crippen LogP contribution in [0.25, 0.3) is 10.9 Å². The summed E-state index contributed by atoms with van der Waals surface area (Å²) in [5.41, 5.74) is 0.948. The fraction of sp³-hybridized carbons (Fsp3) is 0. The Bertz CT molecular complexity index is 396. The first kappa shape index (κ1) is 7.13. The van der Waals surface area contributed by atoms with E-state index in [2.05, 4.69) is 25.9 Å². The Kier molecular flexibility index (Phi) is 1.62. The smallest absolute Gasteiger partial charge is 0.0671 e. The summed E-state index contributed by atoms with van der Waals surface area (Å²) in [5.74, 6) is 0. The van der Waals surface area contributed by atoms with Gasteiger partial charge in [-0.2, -0.15) is 0 Å². The van der Waals surface area contributed by atoms with Gasteiger partial charge in [-0.05, 0) is 15.9 Å². The highest BCUT2D eigenvalue weighted by molar-refractivity contribution is 9.10. The van der Waals surface area contributed by atoms with Crippen molar-refractivity contribution in [2.24, 2.45) is 0 Å². The topological polar surface area (TPSA) is 28.7 Å². The van der Waals surface area contributed by atoms with Crippen molar-refractivity contribution in [1.29, 1.82) is 0 Å². The van der Waals surface area contributed by atoms with Crippen LogP contribution >= 0.6 is 27.5 Å². The summed E-state index contributed by atoms with van der Waals surface area (Å²) in [7, 11) is 0. The minimum absolute atomic E-state index is 0.717. The van der Waals surface area contributed by atoms with Crippen LogP contribution in [0.15, 0.2) is 23.1 Å². The molecule has 0 amide bonds. The predicted octanol–water partition coefficient (Wildman–Crippen LogP) is 2.98. The van der Waals surface area contributed by atoms with Gasteiger partial charge in [-0.15, -0.1) is 0 Å². The van der Waals surface area contributed by atoms with Crippen molar-refractivity contribution in [3.05, 3.63) is 28.1 Å². The van der Waals surface area contributed by atoms with Crippen LogP contribution in [0.3, 0.4) is 0 Å². The number of H-pyrrole nitrogens is 1. The lowest BCUT2D eigenvalue weighted by atomic mass is 10.3. The van der Waals surface area contributed by atoms with Gasteiger partial charge in [-0.25, -0.2) is 0 Å². The molecule has 2 nitrogen and oxygen atoms in total. The zero-order chi connectivity index (χ0) is 7.84. The van der Waals surface area contributed by atoms with E-state index in [0.29, 0.717) is 5.02 Å². The molecule has 0 spiro atoms. The molecule has 2 aromatic heterocycles. The van der Waals surface area contributed by atoms with Crippen LogP contribution in [0.5, 0.6) is 0 Å². The molecule has 11 heavy (non-hydrogen) atoms. The van der Waals surface area contributed by atoms with E-state index >= 15 is 0 Å². The highest BCUT2D eigenvalue weighted by Gasteiger charge is 2.03. The molecule has 0 aliphatic carbocycles. The summed E-state index contributed by atoms with van der Waals surface area (Å²) in [6.45, 7) is 0. The normalized spacial score (nSPS) is 10.7. The van der Waals surface area contributed by atoms with Crippen molar-refractivity contribution in [2.75, 3.05) is 0 Å². The largest absolute Gasteiger partial charge is 0.358 e. The molecule has 2 heterocycles. The van der Waals surface area contributed by atoms with Gasteiger partial charge in [-0.1, -0.05) is 11.6 Å². The predicted molar refractivity (Wildman–Crippen MR) is 48.8 cm³/mol. The molecule has 2 aromatic rings. The number of aromatic nitrogens is 2. The number of nitrogens with zero attached hydrogens (tertiary/aromatic N) is 1. The van der Waals surface area contributed by atoms with Crippen LogP contribution in [0, 0.1) is 0 Å². The second kappa shape index (κ2) is 2.50. The standard InChI is InChI=1S/C7H4BrClN2/c8-4-1-10-3-6-7(4)5(9)2-11-6/h1-3,11H. The first-order valence-electron chi connectivity index (χ1n) is 3.05. The van der Waals surface area contributed by atoms with Crippen molar-refractivity contribution >= 4 is 38.4 Å². The average Bonchev–Trinajstić information content (AvgIpc) is 2.34. The van der Waals surface area contributed by atoms with Gasteiger partial charge in [0.25, 0.3) is 0 Å². The van der Waals surface area contributed by atoms with Gasteiger partial charge in [-0.3, -0.25) is 4.98 Å². The maximum Gasteiger partial charge on any atom is 0.0671 e. The number of fused-ring (bicyclic) bond motifs is 1. The van der Waals surface area contributed by atoms with Crippen LogP contribution in [0.1, 0.15) is 0 Å². The van der Waals surface area contributed by atoms with Gasteiger partial charge in [0.2, 0.25) is 0 Å². The van der Waals surface area contributed by atoms with E-state index < -0.39 is 0 Å². The molecule has 0 aromatic carbocycles. The summed E-state index contributed by atoms with van der Waals surface area (Å²) in [6, 6.07) is 0. The quantitative estimate of drug-likeness (QED) is 0.742. The van der Waals surface area contributed by atoms with E-state index in [1.165, 1.54) is 0 Å². The Balaban J connectivity index is 2.96. The molecule has 0 bridgehead atoms. The van der Waals surface area contributed by atoms with Crippen LogP contribution in [-0.2, 0) is 0 Å². The third-order valence-electron chi connectivity index (χ3n) is 1.49. The van der Waals surface area contributed by atoms with Crippen LogP contribution < -0.4 is 0 Å². The van der Waals surface area contributed by atoms with Crippen molar-refractivity contribution in [1.82, 2.24) is 9.97 Å². The molecule has 0 saturated heterocycles. The summed E-state index contributed by atoms with van der Waals surface area (Å²) in [6.07, 6.45) is 5.21. The number of nitrogens with one attached hydrogen (secondary N) is 1. The van der Waals surface area contributed by atoms with Gasteiger partial charge in [0.15, 0.2) is 0 Å². The third kappa shape index (κ3) is 1.04. The SMILES string of the molecule is Clc1c[nH]c2cncc(Br)c12. The summed E-state index contributed by atoms with van der Waals surface area (Å²) in [5, 5.41) is 1.70. The molecule has 2 rings (SSSR count). The highest BCUT2D eigenvalue weighted by atomic mass is 79.9. The van der Waals surface area contributed by atoms with Crippen LogP contribution in [0.2, 0.25) is 5.02 Å². The number of hydrogen-bond donors (Lipinski definition) is 1. The van der Waals surface area contributed by atoms with Gasteiger partial charge < -0.3 is 4.98 Å². The minimum Gasteiger partial charge on any atom is -0.358 e. The lowest BCUT2D eigenvalue weighted by Gasteiger charge is -1.91. The Labute approximate surface area is 76.7 Å². The molecule has 0 saturated carbocycles. The minimum atomic E-state index is 0.717. The second-order valence-electron chi connectivity index (χ2n) is 2.18. The molecule has 0 radical (unpaired) electrons. The maximum atomic E-state index is 5.89. The Morgan fingerprint density at radius 3 is 3.00 bits per heavy atom. The van der Waals surface area contributed by atoms with E-state index in [4.69, 9.17) is 11.6 Å². The van der Waals surface area contributed by atoms with Crippen molar-refractivity contribution in [3.8, 4) is 0 Å². The molecule has 4 heteroatoms. The van der Waals surface area contributed by atoms with Gasteiger partial charge in [0.1, 0.15) is 0 Å². The molecule has 0 unspecified atom stereocenters. The van der Waals surface area contributed by atoms with E-state index in [1.54, 1.807) is 18.6 Å². The summed E-state index contributed by atoms with van der Waals surface area (Å²) >= 11 is 9.25. The number of rotatable bonds is 0. The zero-order valence-corrected chi connectivity index (χ0v) is 7.78. The number of hydrogen-bond acceptors (Lipinski definition) is 1. The summed E-state index contributed by atoms with van der Waals surface area (Å²) < 4.78 is 0.918. The molecule has 56 valence electrons. The number of pyridine rings is 1. The fourth-order valence-corrected chi connectivity index (χ4v) is 1.92. The van der Waals surface area contributed by atoms with Crippen molar-refractivity contribution in [2.45, 2.75) is 0 Å². The molecular weight excluding hydrogens is 227 g/mol. The molecule has 0 atom stereocenters. The monoisotopic (exact) mass is 230 g/mol.